The molecule has 32 heavy (non-hydrogen) atoms. The van der Waals surface area contributed by atoms with Crippen LogP contribution in [0.2, 0.25) is 0 Å². The lowest BCUT2D eigenvalue weighted by atomic mass is 10.1. The molecule has 3 heterocycles. The molecule has 1 aliphatic rings. The molecule has 4 N–H and O–H groups in total. The van der Waals surface area contributed by atoms with Crippen molar-refractivity contribution in [3.05, 3.63) is 75.1 Å². The van der Waals surface area contributed by atoms with Gasteiger partial charge in [0.15, 0.2) is 0 Å². The molecule has 0 radical (unpaired) electrons. The largest absolute Gasteiger partial charge is 0.490 e. The molecule has 1 aliphatic heterocycles. The van der Waals surface area contributed by atoms with Crippen LogP contribution in [-0.2, 0) is 6.42 Å². The number of nitrogens with two attached hydrogens (primary N) is 1. The summed E-state index contributed by atoms with van der Waals surface area (Å²) in [5.74, 6) is 7.32. The Morgan fingerprint density at radius 2 is 2.09 bits per heavy atom. The van der Waals surface area contributed by atoms with Gasteiger partial charge in [0.25, 0.3) is 6.08 Å². The number of nitrogens with zero attached hydrogens (tertiary/aromatic N) is 3. The number of aromatic amines is 1. The molecule has 0 bridgehead atoms. The van der Waals surface area contributed by atoms with E-state index < -0.39 is 11.8 Å². The Balaban J connectivity index is 1.62. The zero-order chi connectivity index (χ0) is 22.7. The van der Waals surface area contributed by atoms with E-state index in [0.29, 0.717) is 17.7 Å². The van der Waals surface area contributed by atoms with Gasteiger partial charge in [0.1, 0.15) is 24.0 Å². The fourth-order valence-electron chi connectivity index (χ4n) is 3.31. The number of anilines is 1. The summed E-state index contributed by atoms with van der Waals surface area (Å²) in [6.07, 6.45) is -0.627. The molecule has 1 aromatic carbocycles. The Labute approximate surface area is 182 Å². The zero-order valence-corrected chi connectivity index (χ0v) is 17.2. The number of aromatic nitrogens is 4. The average Bonchev–Trinajstić information content (AvgIpc) is 3.15. The number of fused-ring (bicyclic) bond motifs is 1. The average molecular weight is 438 g/mol. The van der Waals surface area contributed by atoms with Crippen molar-refractivity contribution in [2.75, 3.05) is 25.0 Å². The molecule has 0 amide bonds. The number of H-pyrrole nitrogens is 1. The third kappa shape index (κ3) is 4.38. The topological polar surface area (TPSA) is 111 Å². The SMILES string of the molecule is Cc1cc(C#Cc2ccc3c(c2)NCCO3)cnc1-n1c(CC(CN)=C(F)F)n[nH]c1=O. The van der Waals surface area contributed by atoms with Crippen LogP contribution < -0.4 is 21.5 Å². The number of rotatable bonds is 4. The molecule has 0 fully saturated rings. The number of hydrogen-bond donors (Lipinski definition) is 3. The first-order valence-corrected chi connectivity index (χ1v) is 9.85. The Morgan fingerprint density at radius 1 is 1.28 bits per heavy atom. The Bertz CT molecular complexity index is 1310. The Hall–Kier alpha value is -3.97. The van der Waals surface area contributed by atoms with E-state index in [1.54, 1.807) is 13.0 Å². The van der Waals surface area contributed by atoms with Crippen LogP contribution in [-0.4, -0.2) is 39.4 Å². The third-order valence-corrected chi connectivity index (χ3v) is 4.90. The quantitative estimate of drug-likeness (QED) is 0.538. The van der Waals surface area contributed by atoms with Gasteiger partial charge >= 0.3 is 5.69 Å². The minimum atomic E-state index is -1.88. The zero-order valence-electron chi connectivity index (χ0n) is 17.2. The molecular weight excluding hydrogens is 418 g/mol. The van der Waals surface area contributed by atoms with Crippen molar-refractivity contribution in [2.45, 2.75) is 13.3 Å². The second-order valence-electron chi connectivity index (χ2n) is 7.13. The summed E-state index contributed by atoms with van der Waals surface area (Å²) in [5.41, 5.74) is 7.50. The normalized spacial score (nSPS) is 12.1. The van der Waals surface area contributed by atoms with Crippen molar-refractivity contribution in [2.24, 2.45) is 5.73 Å². The molecule has 4 rings (SSSR count). The fourth-order valence-corrected chi connectivity index (χ4v) is 3.31. The van der Waals surface area contributed by atoms with Gasteiger partial charge in [0, 0.05) is 42.4 Å². The van der Waals surface area contributed by atoms with Crippen molar-refractivity contribution in [1.29, 1.82) is 0 Å². The lowest BCUT2D eigenvalue weighted by Gasteiger charge is -2.18. The van der Waals surface area contributed by atoms with Crippen LogP contribution in [0.15, 0.2) is 46.9 Å². The summed E-state index contributed by atoms with van der Waals surface area (Å²) in [4.78, 5) is 16.6. The summed E-state index contributed by atoms with van der Waals surface area (Å²) < 4.78 is 32.7. The van der Waals surface area contributed by atoms with Gasteiger partial charge in [-0.05, 0) is 36.8 Å². The van der Waals surface area contributed by atoms with E-state index in [0.717, 1.165) is 23.5 Å². The molecule has 8 nitrogen and oxygen atoms in total. The lowest BCUT2D eigenvalue weighted by Crippen LogP contribution is -2.20. The van der Waals surface area contributed by atoms with Crippen LogP contribution in [0, 0.1) is 18.8 Å². The number of benzene rings is 1. The number of nitrogens with one attached hydrogen (secondary N) is 2. The minimum Gasteiger partial charge on any atom is -0.490 e. The highest BCUT2D eigenvalue weighted by Crippen LogP contribution is 2.27. The summed E-state index contributed by atoms with van der Waals surface area (Å²) in [5, 5.41) is 9.40. The smallest absolute Gasteiger partial charge is 0.349 e. The standard InChI is InChI=1S/C22H20F2N6O2/c1-13-8-15(3-2-14-4-5-18-17(9-14)26-6-7-32-18)12-27-21(13)30-19(28-29-22(30)31)10-16(11-25)20(23)24/h4-5,8-9,12,26H,6-7,10-11,25H2,1H3,(H,29,31). The predicted molar refractivity (Wildman–Crippen MR) is 115 cm³/mol. The summed E-state index contributed by atoms with van der Waals surface area (Å²) in [6.45, 7) is 2.79. The van der Waals surface area contributed by atoms with Crippen molar-refractivity contribution in [3.8, 4) is 23.4 Å². The number of aryl methyl sites for hydroxylation is 1. The first kappa shape index (κ1) is 21.3. The fraction of sp³-hybridized carbons (Fsp3) is 0.227. The van der Waals surface area contributed by atoms with Gasteiger partial charge in [0.05, 0.1) is 5.69 Å². The monoisotopic (exact) mass is 438 g/mol. The maximum Gasteiger partial charge on any atom is 0.349 e. The van der Waals surface area contributed by atoms with Crippen LogP contribution in [0.25, 0.3) is 5.82 Å². The molecule has 3 aromatic rings. The van der Waals surface area contributed by atoms with E-state index in [2.05, 4.69) is 32.3 Å². The number of ether oxygens (including phenoxy) is 1. The maximum atomic E-state index is 13.0. The van der Waals surface area contributed by atoms with Crippen molar-refractivity contribution < 1.29 is 13.5 Å². The van der Waals surface area contributed by atoms with Gasteiger partial charge < -0.3 is 15.8 Å². The first-order valence-electron chi connectivity index (χ1n) is 9.85. The Kier molecular flexibility index (Phi) is 6.00. The first-order chi connectivity index (χ1) is 15.5. The number of hydrogen-bond acceptors (Lipinski definition) is 6. The van der Waals surface area contributed by atoms with Gasteiger partial charge in [-0.15, -0.1) is 0 Å². The summed E-state index contributed by atoms with van der Waals surface area (Å²) in [6, 6.07) is 7.43. The van der Waals surface area contributed by atoms with Crippen LogP contribution in [0.4, 0.5) is 14.5 Å². The molecule has 10 heteroatoms. The van der Waals surface area contributed by atoms with Crippen LogP contribution in [0.5, 0.6) is 5.75 Å². The second-order valence-corrected chi connectivity index (χ2v) is 7.13. The van der Waals surface area contributed by atoms with Crippen LogP contribution in [0.3, 0.4) is 0 Å². The van der Waals surface area contributed by atoms with E-state index in [1.807, 2.05) is 18.2 Å². The minimum absolute atomic E-state index is 0.0986. The van der Waals surface area contributed by atoms with Crippen LogP contribution in [0.1, 0.15) is 22.5 Å². The van der Waals surface area contributed by atoms with E-state index in [1.165, 1.54) is 10.8 Å². The van der Waals surface area contributed by atoms with E-state index in [4.69, 9.17) is 10.5 Å². The molecule has 0 unspecified atom stereocenters. The third-order valence-electron chi connectivity index (χ3n) is 4.90. The highest BCUT2D eigenvalue weighted by molar-refractivity contribution is 5.62. The number of halogens is 2. The van der Waals surface area contributed by atoms with Gasteiger partial charge in [-0.25, -0.2) is 19.4 Å². The number of pyridine rings is 1. The van der Waals surface area contributed by atoms with Crippen molar-refractivity contribution >= 4 is 5.69 Å². The molecular formula is C22H20F2N6O2. The van der Waals surface area contributed by atoms with E-state index in [-0.39, 0.29) is 30.2 Å². The Morgan fingerprint density at radius 3 is 2.84 bits per heavy atom. The van der Waals surface area contributed by atoms with Crippen LogP contribution >= 0.6 is 0 Å². The summed E-state index contributed by atoms with van der Waals surface area (Å²) >= 11 is 0. The maximum absolute atomic E-state index is 13.0. The van der Waals surface area contributed by atoms with E-state index in [9.17, 15) is 13.6 Å². The molecule has 0 saturated carbocycles. The summed E-state index contributed by atoms with van der Waals surface area (Å²) in [7, 11) is 0. The molecule has 2 aromatic heterocycles. The highest BCUT2D eigenvalue weighted by atomic mass is 19.3. The van der Waals surface area contributed by atoms with E-state index >= 15 is 0 Å². The lowest BCUT2D eigenvalue weighted by molar-refractivity contribution is 0.323. The van der Waals surface area contributed by atoms with Gasteiger partial charge in [0.2, 0.25) is 0 Å². The molecule has 164 valence electrons. The molecule has 0 saturated heterocycles. The van der Waals surface area contributed by atoms with Crippen molar-refractivity contribution in [3.63, 3.8) is 0 Å². The van der Waals surface area contributed by atoms with Crippen molar-refractivity contribution in [1.82, 2.24) is 19.7 Å². The second kappa shape index (κ2) is 9.03. The van der Waals surface area contributed by atoms with Gasteiger partial charge in [-0.3, -0.25) is 0 Å². The predicted octanol–water partition coefficient (Wildman–Crippen LogP) is 2.12. The van der Waals surface area contributed by atoms with Gasteiger partial charge in [-0.2, -0.15) is 13.9 Å². The highest BCUT2D eigenvalue weighted by Gasteiger charge is 2.17. The molecule has 0 spiro atoms. The molecule has 0 aliphatic carbocycles. The van der Waals surface area contributed by atoms with Gasteiger partial charge in [-0.1, -0.05) is 11.8 Å². The molecule has 0 atom stereocenters.